The van der Waals surface area contributed by atoms with Crippen LogP contribution in [0.3, 0.4) is 0 Å². The molecule has 0 spiro atoms. The summed E-state index contributed by atoms with van der Waals surface area (Å²) in [4.78, 5) is 0. The van der Waals surface area contributed by atoms with Crippen molar-refractivity contribution < 1.29 is 4.74 Å². The molecular weight excluding hydrogens is 162 g/mol. The molecule has 0 aliphatic carbocycles. The van der Waals surface area contributed by atoms with Gasteiger partial charge in [-0.15, -0.1) is 0 Å². The van der Waals surface area contributed by atoms with Gasteiger partial charge in [0.1, 0.15) is 6.23 Å². The predicted octanol–water partition coefficient (Wildman–Crippen LogP) is 2.67. The molecule has 1 aromatic carbocycles. The summed E-state index contributed by atoms with van der Waals surface area (Å²) in [7, 11) is 0. The van der Waals surface area contributed by atoms with Crippen molar-refractivity contribution in [2.24, 2.45) is 0 Å². The maximum absolute atomic E-state index is 5.46. The number of hydrogen-bond donors (Lipinski definition) is 1. The number of hydrogen-bond acceptors (Lipinski definition) is 2. The van der Waals surface area contributed by atoms with Gasteiger partial charge in [0.15, 0.2) is 0 Å². The Morgan fingerprint density at radius 1 is 1.54 bits per heavy atom. The number of anilines is 1. The number of benzene rings is 1. The number of ether oxygens (including phenoxy) is 1. The highest BCUT2D eigenvalue weighted by atomic mass is 16.5. The molecule has 2 heteroatoms. The molecule has 1 radical (unpaired) electrons. The third-order valence-corrected chi connectivity index (χ3v) is 1.64. The topological polar surface area (TPSA) is 21.3 Å². The summed E-state index contributed by atoms with van der Waals surface area (Å²) in [6, 6.07) is 10.9. The summed E-state index contributed by atoms with van der Waals surface area (Å²) in [5, 5.41) is 3.20. The monoisotopic (exact) mass is 178 g/mol. The molecule has 1 N–H and O–H groups in total. The second-order valence-electron chi connectivity index (χ2n) is 2.93. The normalized spacial score (nSPS) is 12.5. The first-order chi connectivity index (χ1) is 6.33. The lowest BCUT2D eigenvalue weighted by Gasteiger charge is -2.15. The SMILES string of the molecule is CCCOC(C)Nc1[c]cccc1. The number of rotatable bonds is 5. The largest absolute Gasteiger partial charge is 0.360 e. The summed E-state index contributed by atoms with van der Waals surface area (Å²) in [5.74, 6) is 0. The van der Waals surface area contributed by atoms with Gasteiger partial charge in [-0.2, -0.15) is 0 Å². The van der Waals surface area contributed by atoms with Crippen LogP contribution in [0, 0.1) is 6.07 Å². The summed E-state index contributed by atoms with van der Waals surface area (Å²) >= 11 is 0. The van der Waals surface area contributed by atoms with Crippen molar-refractivity contribution in [2.45, 2.75) is 26.5 Å². The number of nitrogens with one attached hydrogen (secondary N) is 1. The molecule has 1 rings (SSSR count). The van der Waals surface area contributed by atoms with Gasteiger partial charge >= 0.3 is 0 Å². The molecule has 13 heavy (non-hydrogen) atoms. The average molecular weight is 178 g/mol. The van der Waals surface area contributed by atoms with Gasteiger partial charge in [0.25, 0.3) is 0 Å². The van der Waals surface area contributed by atoms with E-state index in [1.807, 2.05) is 31.2 Å². The van der Waals surface area contributed by atoms with Crippen LogP contribution in [0.4, 0.5) is 5.69 Å². The molecule has 0 aliphatic heterocycles. The quantitative estimate of drug-likeness (QED) is 0.700. The Hall–Kier alpha value is -1.02. The first kappa shape index (κ1) is 10.1. The van der Waals surface area contributed by atoms with Crippen molar-refractivity contribution in [3.63, 3.8) is 0 Å². The van der Waals surface area contributed by atoms with Gasteiger partial charge in [0.05, 0.1) is 0 Å². The molecule has 0 saturated carbocycles. The molecule has 1 atom stereocenters. The van der Waals surface area contributed by atoms with E-state index in [4.69, 9.17) is 4.74 Å². The van der Waals surface area contributed by atoms with Crippen molar-refractivity contribution >= 4 is 5.69 Å². The maximum atomic E-state index is 5.46. The smallest absolute Gasteiger partial charge is 0.124 e. The second kappa shape index (κ2) is 5.60. The molecule has 0 amide bonds. The molecule has 0 fully saturated rings. The van der Waals surface area contributed by atoms with Crippen LogP contribution in [0.1, 0.15) is 20.3 Å². The minimum atomic E-state index is 0.0543. The van der Waals surface area contributed by atoms with Gasteiger partial charge in [0.2, 0.25) is 0 Å². The number of para-hydroxylation sites is 1. The molecule has 0 bridgehead atoms. The van der Waals surface area contributed by atoms with Crippen molar-refractivity contribution in [3.8, 4) is 0 Å². The van der Waals surface area contributed by atoms with Crippen LogP contribution in [0.25, 0.3) is 0 Å². The summed E-state index contributed by atoms with van der Waals surface area (Å²) < 4.78 is 5.46. The first-order valence-electron chi connectivity index (χ1n) is 4.67. The van der Waals surface area contributed by atoms with E-state index in [0.717, 1.165) is 18.7 Å². The fourth-order valence-corrected chi connectivity index (χ4v) is 1.04. The van der Waals surface area contributed by atoms with Crippen LogP contribution in [-0.2, 0) is 4.74 Å². The van der Waals surface area contributed by atoms with Crippen molar-refractivity contribution in [2.75, 3.05) is 11.9 Å². The van der Waals surface area contributed by atoms with Crippen molar-refractivity contribution in [3.05, 3.63) is 30.3 Å². The third kappa shape index (κ3) is 3.95. The predicted molar refractivity (Wildman–Crippen MR) is 54.6 cm³/mol. The van der Waals surface area contributed by atoms with Crippen LogP contribution in [0.2, 0.25) is 0 Å². The Kier molecular flexibility index (Phi) is 4.33. The van der Waals surface area contributed by atoms with Crippen molar-refractivity contribution in [1.29, 1.82) is 0 Å². The van der Waals surface area contributed by atoms with E-state index in [2.05, 4.69) is 18.3 Å². The Morgan fingerprint density at radius 3 is 3.00 bits per heavy atom. The maximum Gasteiger partial charge on any atom is 0.124 e. The minimum absolute atomic E-state index is 0.0543. The van der Waals surface area contributed by atoms with Crippen LogP contribution in [0.15, 0.2) is 24.3 Å². The Balaban J connectivity index is 2.32. The van der Waals surface area contributed by atoms with Gasteiger partial charge in [-0.1, -0.05) is 25.1 Å². The Labute approximate surface area is 79.9 Å². The fraction of sp³-hybridized carbons (Fsp3) is 0.455. The first-order valence-corrected chi connectivity index (χ1v) is 4.67. The van der Waals surface area contributed by atoms with Gasteiger partial charge in [-0.3, -0.25) is 0 Å². The zero-order valence-corrected chi connectivity index (χ0v) is 8.21. The van der Waals surface area contributed by atoms with E-state index in [0.29, 0.717) is 0 Å². The van der Waals surface area contributed by atoms with Crippen molar-refractivity contribution in [1.82, 2.24) is 0 Å². The van der Waals surface area contributed by atoms with E-state index in [9.17, 15) is 0 Å². The summed E-state index contributed by atoms with van der Waals surface area (Å²) in [6.07, 6.45) is 1.10. The second-order valence-corrected chi connectivity index (χ2v) is 2.93. The van der Waals surface area contributed by atoms with Gasteiger partial charge < -0.3 is 10.1 Å². The zero-order valence-electron chi connectivity index (χ0n) is 8.21. The van der Waals surface area contributed by atoms with E-state index in [1.54, 1.807) is 0 Å². The molecule has 1 unspecified atom stereocenters. The third-order valence-electron chi connectivity index (χ3n) is 1.64. The zero-order chi connectivity index (χ0) is 9.52. The van der Waals surface area contributed by atoms with Crippen LogP contribution >= 0.6 is 0 Å². The minimum Gasteiger partial charge on any atom is -0.360 e. The molecule has 0 aliphatic rings. The summed E-state index contributed by atoms with van der Waals surface area (Å²) in [6.45, 7) is 4.89. The molecular formula is C11H16NO. The van der Waals surface area contributed by atoms with Gasteiger partial charge in [0, 0.05) is 18.4 Å². The van der Waals surface area contributed by atoms with E-state index >= 15 is 0 Å². The highest BCUT2D eigenvalue weighted by Gasteiger charge is 1.99. The average Bonchev–Trinajstić information content (AvgIpc) is 2.16. The molecule has 2 nitrogen and oxygen atoms in total. The van der Waals surface area contributed by atoms with E-state index < -0.39 is 0 Å². The lowest BCUT2D eigenvalue weighted by molar-refractivity contribution is 0.0853. The standard InChI is InChI=1S/C11H16NO/c1-3-9-13-10(2)12-11-7-5-4-6-8-11/h4-7,10,12H,3,9H2,1-2H3. The highest BCUT2D eigenvalue weighted by molar-refractivity contribution is 5.41. The molecule has 0 saturated heterocycles. The summed E-state index contributed by atoms with van der Waals surface area (Å²) in [5.41, 5.74) is 0.978. The van der Waals surface area contributed by atoms with Gasteiger partial charge in [-0.05, 0) is 19.4 Å². The van der Waals surface area contributed by atoms with Crippen LogP contribution < -0.4 is 5.32 Å². The Bertz CT molecular complexity index is 223. The fourth-order valence-electron chi connectivity index (χ4n) is 1.04. The van der Waals surface area contributed by atoms with E-state index in [1.165, 1.54) is 0 Å². The molecule has 1 aromatic rings. The lowest BCUT2D eigenvalue weighted by atomic mass is 10.3. The molecule has 71 valence electrons. The van der Waals surface area contributed by atoms with Gasteiger partial charge in [-0.25, -0.2) is 0 Å². The van der Waals surface area contributed by atoms with Crippen LogP contribution in [0.5, 0.6) is 0 Å². The Morgan fingerprint density at radius 2 is 2.38 bits per heavy atom. The molecule has 0 heterocycles. The van der Waals surface area contributed by atoms with Crippen LogP contribution in [-0.4, -0.2) is 12.8 Å². The lowest BCUT2D eigenvalue weighted by Crippen LogP contribution is -2.19. The van der Waals surface area contributed by atoms with E-state index in [-0.39, 0.29) is 6.23 Å². The highest BCUT2D eigenvalue weighted by Crippen LogP contribution is 2.06. The molecule has 0 aromatic heterocycles.